The second-order valence-electron chi connectivity index (χ2n) is 4.72. The zero-order valence-electron chi connectivity index (χ0n) is 10.2. The number of fused-ring (bicyclic) bond motifs is 2. The lowest BCUT2D eigenvalue weighted by Gasteiger charge is -2.06. The van der Waals surface area contributed by atoms with Crippen LogP contribution in [-0.2, 0) is 6.42 Å². The number of para-hydroxylation sites is 1. The van der Waals surface area contributed by atoms with Crippen LogP contribution in [0, 0.1) is 0 Å². The molecule has 19 heavy (non-hydrogen) atoms. The van der Waals surface area contributed by atoms with Crippen molar-refractivity contribution in [3.8, 4) is 10.8 Å². The fourth-order valence-corrected chi connectivity index (χ4v) is 3.53. The van der Waals surface area contributed by atoms with Crippen LogP contribution < -0.4 is 0 Å². The maximum atomic E-state index is 11.8. The van der Waals surface area contributed by atoms with Crippen LogP contribution in [0.4, 0.5) is 0 Å². The van der Waals surface area contributed by atoms with E-state index in [1.165, 1.54) is 0 Å². The molecule has 94 valence electrons. The molecule has 0 atom stereocenters. The van der Waals surface area contributed by atoms with Gasteiger partial charge in [0.15, 0.2) is 16.6 Å². The number of furan rings is 1. The third-order valence-corrected chi connectivity index (χ3v) is 4.54. The monoisotopic (exact) mass is 269 g/mol. The van der Waals surface area contributed by atoms with Crippen molar-refractivity contribution in [2.24, 2.45) is 0 Å². The molecule has 0 N–H and O–H groups in total. The van der Waals surface area contributed by atoms with E-state index in [0.29, 0.717) is 12.1 Å². The van der Waals surface area contributed by atoms with Gasteiger partial charge in [-0.05, 0) is 25.0 Å². The first-order valence-electron chi connectivity index (χ1n) is 6.33. The lowest BCUT2D eigenvalue weighted by Crippen LogP contribution is -2.08. The summed E-state index contributed by atoms with van der Waals surface area (Å²) < 4.78 is 5.80. The fourth-order valence-electron chi connectivity index (χ4n) is 2.46. The van der Waals surface area contributed by atoms with E-state index in [0.717, 1.165) is 39.5 Å². The molecule has 0 aliphatic heterocycles. The van der Waals surface area contributed by atoms with Crippen molar-refractivity contribution < 1.29 is 9.21 Å². The number of aryl methyl sites for hydroxylation is 1. The van der Waals surface area contributed by atoms with E-state index in [1.54, 1.807) is 11.3 Å². The van der Waals surface area contributed by atoms with Crippen LogP contribution in [0.25, 0.3) is 21.7 Å². The van der Waals surface area contributed by atoms with Crippen molar-refractivity contribution in [1.82, 2.24) is 4.98 Å². The fraction of sp³-hybridized carbons (Fsp3) is 0.200. The van der Waals surface area contributed by atoms with E-state index < -0.39 is 0 Å². The summed E-state index contributed by atoms with van der Waals surface area (Å²) in [6.07, 6.45) is 2.52. The number of carbonyl (C=O) groups excluding carboxylic acids is 1. The minimum Gasteiger partial charge on any atom is -0.454 e. The Morgan fingerprint density at radius 2 is 2.11 bits per heavy atom. The molecule has 1 aliphatic rings. The Labute approximate surface area is 113 Å². The molecule has 3 aromatic rings. The zero-order chi connectivity index (χ0) is 12.8. The summed E-state index contributed by atoms with van der Waals surface area (Å²) in [5.74, 6) is 0.924. The number of ketones is 1. The Morgan fingerprint density at radius 3 is 2.95 bits per heavy atom. The molecule has 2 heterocycles. The van der Waals surface area contributed by atoms with Gasteiger partial charge in [0.2, 0.25) is 0 Å². The quantitative estimate of drug-likeness (QED) is 0.668. The van der Waals surface area contributed by atoms with Gasteiger partial charge in [-0.25, -0.2) is 4.98 Å². The molecule has 0 saturated heterocycles. The van der Waals surface area contributed by atoms with Gasteiger partial charge >= 0.3 is 0 Å². The molecular weight excluding hydrogens is 258 g/mol. The zero-order valence-corrected chi connectivity index (χ0v) is 11.0. The number of aromatic nitrogens is 1. The largest absolute Gasteiger partial charge is 0.454 e. The summed E-state index contributed by atoms with van der Waals surface area (Å²) in [7, 11) is 0. The summed E-state index contributed by atoms with van der Waals surface area (Å²) in [4.78, 5) is 17.4. The summed E-state index contributed by atoms with van der Waals surface area (Å²) >= 11 is 1.58. The van der Waals surface area contributed by atoms with Crippen LogP contribution in [0.5, 0.6) is 0 Å². The molecule has 0 spiro atoms. The van der Waals surface area contributed by atoms with Crippen molar-refractivity contribution in [2.45, 2.75) is 19.3 Å². The highest BCUT2D eigenvalue weighted by Crippen LogP contribution is 2.35. The SMILES string of the molecule is O=C1CCCc2sc(-c3cc4ccccc4o3)nc21. The standard InChI is InChI=1S/C15H11NO2S/c17-10-5-3-7-13-14(10)16-15(19-13)12-8-9-4-1-2-6-11(9)18-12/h1-2,4,6,8H,3,5,7H2. The van der Waals surface area contributed by atoms with Gasteiger partial charge in [-0.2, -0.15) is 0 Å². The Balaban J connectivity index is 1.86. The van der Waals surface area contributed by atoms with Crippen molar-refractivity contribution >= 4 is 28.1 Å². The highest BCUT2D eigenvalue weighted by atomic mass is 32.1. The average Bonchev–Trinajstić information content (AvgIpc) is 3.02. The maximum absolute atomic E-state index is 11.8. The minimum absolute atomic E-state index is 0.167. The second-order valence-corrected chi connectivity index (χ2v) is 5.80. The summed E-state index contributed by atoms with van der Waals surface area (Å²) in [6.45, 7) is 0. The van der Waals surface area contributed by atoms with E-state index in [9.17, 15) is 4.79 Å². The molecule has 1 aromatic carbocycles. The van der Waals surface area contributed by atoms with Crippen molar-refractivity contribution in [2.75, 3.05) is 0 Å². The topological polar surface area (TPSA) is 43.1 Å². The molecular formula is C15H11NO2S. The number of Topliss-reactive ketones (excluding diaryl/α,β-unsaturated/α-hetero) is 1. The molecule has 4 rings (SSSR count). The third kappa shape index (κ3) is 1.71. The third-order valence-electron chi connectivity index (χ3n) is 3.41. The van der Waals surface area contributed by atoms with Gasteiger partial charge in [-0.1, -0.05) is 18.2 Å². The molecule has 0 radical (unpaired) electrons. The number of hydrogen-bond acceptors (Lipinski definition) is 4. The van der Waals surface area contributed by atoms with E-state index in [4.69, 9.17) is 4.42 Å². The van der Waals surface area contributed by atoms with Crippen LogP contribution in [0.2, 0.25) is 0 Å². The number of carbonyl (C=O) groups is 1. The number of thiazole rings is 1. The van der Waals surface area contributed by atoms with Gasteiger partial charge < -0.3 is 4.42 Å². The molecule has 0 fully saturated rings. The summed E-state index contributed by atoms with van der Waals surface area (Å²) in [5.41, 5.74) is 1.52. The molecule has 0 amide bonds. The Bertz CT molecular complexity index is 751. The number of rotatable bonds is 1. The molecule has 0 bridgehead atoms. The minimum atomic E-state index is 0.167. The lowest BCUT2D eigenvalue weighted by atomic mass is 10.0. The highest BCUT2D eigenvalue weighted by Gasteiger charge is 2.23. The van der Waals surface area contributed by atoms with Crippen LogP contribution in [0.1, 0.15) is 28.2 Å². The van der Waals surface area contributed by atoms with Crippen LogP contribution in [0.15, 0.2) is 34.7 Å². The van der Waals surface area contributed by atoms with Gasteiger partial charge in [-0.3, -0.25) is 4.79 Å². The van der Waals surface area contributed by atoms with E-state index in [2.05, 4.69) is 4.98 Å². The predicted octanol–water partition coefficient (Wildman–Crippen LogP) is 4.08. The number of hydrogen-bond donors (Lipinski definition) is 0. The van der Waals surface area contributed by atoms with Crippen molar-refractivity contribution in [3.63, 3.8) is 0 Å². The van der Waals surface area contributed by atoms with Crippen molar-refractivity contribution in [3.05, 3.63) is 40.9 Å². The second kappa shape index (κ2) is 4.03. The van der Waals surface area contributed by atoms with Crippen LogP contribution in [-0.4, -0.2) is 10.8 Å². The smallest absolute Gasteiger partial charge is 0.182 e. The average molecular weight is 269 g/mol. The highest BCUT2D eigenvalue weighted by molar-refractivity contribution is 7.15. The maximum Gasteiger partial charge on any atom is 0.182 e. The molecule has 1 aliphatic carbocycles. The van der Waals surface area contributed by atoms with E-state index in [1.807, 2.05) is 30.3 Å². The van der Waals surface area contributed by atoms with Gasteiger partial charge in [0.25, 0.3) is 0 Å². The summed E-state index contributed by atoms with van der Waals surface area (Å²) in [5, 5.41) is 1.88. The van der Waals surface area contributed by atoms with Crippen LogP contribution >= 0.6 is 11.3 Å². The van der Waals surface area contributed by atoms with Gasteiger partial charge in [-0.15, -0.1) is 11.3 Å². The lowest BCUT2D eigenvalue weighted by molar-refractivity contribution is 0.0968. The molecule has 0 saturated carbocycles. The molecule has 3 nitrogen and oxygen atoms in total. The Hall–Kier alpha value is -1.94. The van der Waals surface area contributed by atoms with Gasteiger partial charge in [0, 0.05) is 16.7 Å². The molecule has 2 aromatic heterocycles. The first-order chi connectivity index (χ1) is 9.31. The summed E-state index contributed by atoms with van der Waals surface area (Å²) in [6, 6.07) is 9.88. The molecule has 4 heteroatoms. The first-order valence-corrected chi connectivity index (χ1v) is 7.15. The Kier molecular flexibility index (Phi) is 2.32. The van der Waals surface area contributed by atoms with Gasteiger partial charge in [0.05, 0.1) is 0 Å². The van der Waals surface area contributed by atoms with E-state index >= 15 is 0 Å². The predicted molar refractivity (Wildman–Crippen MR) is 74.6 cm³/mol. The number of benzene rings is 1. The van der Waals surface area contributed by atoms with Crippen molar-refractivity contribution in [1.29, 1.82) is 0 Å². The van der Waals surface area contributed by atoms with Gasteiger partial charge in [0.1, 0.15) is 11.3 Å². The number of nitrogens with zero attached hydrogens (tertiary/aromatic N) is 1. The Morgan fingerprint density at radius 1 is 1.21 bits per heavy atom. The van der Waals surface area contributed by atoms with E-state index in [-0.39, 0.29) is 5.78 Å². The first kappa shape index (κ1) is 10.9. The normalized spacial score (nSPS) is 14.8. The van der Waals surface area contributed by atoms with Crippen LogP contribution in [0.3, 0.4) is 0 Å². The molecule has 0 unspecified atom stereocenters.